The Bertz CT molecular complexity index is 733. The van der Waals surface area contributed by atoms with Crippen molar-refractivity contribution in [2.45, 2.75) is 4.90 Å². The minimum atomic E-state index is -0.908. The molecule has 2 rings (SSSR count). The van der Waals surface area contributed by atoms with Gasteiger partial charge in [0.15, 0.2) is 6.61 Å². The number of ether oxygens (including phenoxy) is 2. The summed E-state index contributed by atoms with van der Waals surface area (Å²) in [5.74, 6) is -2.57. The zero-order valence-electron chi connectivity index (χ0n) is 13.3. The summed E-state index contributed by atoms with van der Waals surface area (Å²) in [5.41, 5.74) is -0.573. The van der Waals surface area contributed by atoms with E-state index in [1.165, 1.54) is 17.8 Å². The number of benzene rings is 2. The third kappa shape index (κ3) is 5.75. The molecule has 2 aromatic carbocycles. The van der Waals surface area contributed by atoms with Gasteiger partial charge in [0.25, 0.3) is 5.91 Å². The number of carbonyl (C=O) groups is 2. The van der Waals surface area contributed by atoms with Gasteiger partial charge < -0.3 is 14.8 Å². The van der Waals surface area contributed by atoms with E-state index in [4.69, 9.17) is 9.47 Å². The minimum Gasteiger partial charge on any atom is -0.497 e. The number of hydrogen-bond donors (Lipinski definition) is 1. The van der Waals surface area contributed by atoms with Crippen LogP contribution in [-0.4, -0.2) is 31.3 Å². The molecule has 1 amide bonds. The molecule has 1 N–H and O–H groups in total. The number of methoxy groups -OCH3 is 1. The zero-order valence-corrected chi connectivity index (χ0v) is 14.1. The van der Waals surface area contributed by atoms with Gasteiger partial charge in [0.1, 0.15) is 23.1 Å². The Morgan fingerprint density at radius 2 is 1.72 bits per heavy atom. The zero-order chi connectivity index (χ0) is 18.2. The van der Waals surface area contributed by atoms with Gasteiger partial charge in [-0.3, -0.25) is 9.59 Å². The third-order valence-corrected chi connectivity index (χ3v) is 3.99. The lowest BCUT2D eigenvalue weighted by Crippen LogP contribution is -2.22. The summed E-state index contributed by atoms with van der Waals surface area (Å²) in [7, 11) is 1.55. The average molecular weight is 367 g/mol. The summed E-state index contributed by atoms with van der Waals surface area (Å²) in [6, 6.07) is 10.3. The van der Waals surface area contributed by atoms with Gasteiger partial charge >= 0.3 is 5.97 Å². The maximum absolute atomic E-state index is 13.4. The van der Waals surface area contributed by atoms with Gasteiger partial charge in [-0.15, -0.1) is 11.8 Å². The highest BCUT2D eigenvalue weighted by Crippen LogP contribution is 2.21. The highest BCUT2D eigenvalue weighted by atomic mass is 32.2. The van der Waals surface area contributed by atoms with Crippen molar-refractivity contribution in [2.24, 2.45) is 0 Å². The second-order valence-corrected chi connectivity index (χ2v) is 5.82. The van der Waals surface area contributed by atoms with Crippen molar-refractivity contribution in [3.63, 3.8) is 0 Å². The number of para-hydroxylation sites is 1. The molecular weight excluding hydrogens is 352 g/mol. The first-order chi connectivity index (χ1) is 12.0. The van der Waals surface area contributed by atoms with Gasteiger partial charge in [-0.25, -0.2) is 8.78 Å². The van der Waals surface area contributed by atoms with E-state index in [1.807, 2.05) is 5.32 Å². The monoisotopic (exact) mass is 367 g/mol. The minimum absolute atomic E-state index is 0.00628. The fourth-order valence-corrected chi connectivity index (χ4v) is 2.49. The number of carbonyl (C=O) groups excluding carboxylic acids is 2. The number of nitrogens with one attached hydrogen (secondary N) is 1. The first-order valence-corrected chi connectivity index (χ1v) is 8.14. The predicted molar refractivity (Wildman–Crippen MR) is 89.7 cm³/mol. The van der Waals surface area contributed by atoms with E-state index in [-0.39, 0.29) is 5.75 Å². The molecule has 0 saturated heterocycles. The highest BCUT2D eigenvalue weighted by molar-refractivity contribution is 8.00. The van der Waals surface area contributed by atoms with Crippen LogP contribution in [0.5, 0.6) is 5.75 Å². The lowest BCUT2D eigenvalue weighted by Gasteiger charge is -2.08. The number of esters is 1. The molecule has 0 aliphatic rings. The summed E-state index contributed by atoms with van der Waals surface area (Å²) >= 11 is 1.23. The molecule has 5 nitrogen and oxygen atoms in total. The summed E-state index contributed by atoms with van der Waals surface area (Å²) in [6.07, 6.45) is 0. The summed E-state index contributed by atoms with van der Waals surface area (Å²) in [5, 5.41) is 2.03. The van der Waals surface area contributed by atoms with E-state index in [2.05, 4.69) is 0 Å². The van der Waals surface area contributed by atoms with Crippen LogP contribution in [0.3, 0.4) is 0 Å². The van der Waals surface area contributed by atoms with Crippen LogP contribution in [0, 0.1) is 11.6 Å². The normalized spacial score (nSPS) is 10.2. The number of thioether (sulfide) groups is 1. The van der Waals surface area contributed by atoms with Gasteiger partial charge in [-0.05, 0) is 36.4 Å². The second-order valence-electron chi connectivity index (χ2n) is 4.77. The predicted octanol–water partition coefficient (Wildman–Crippen LogP) is 3.25. The van der Waals surface area contributed by atoms with Crippen LogP contribution >= 0.6 is 11.8 Å². The van der Waals surface area contributed by atoms with Gasteiger partial charge in [-0.2, -0.15) is 0 Å². The molecule has 132 valence electrons. The van der Waals surface area contributed by atoms with E-state index >= 15 is 0 Å². The van der Waals surface area contributed by atoms with Crippen molar-refractivity contribution in [1.82, 2.24) is 0 Å². The van der Waals surface area contributed by atoms with E-state index in [0.29, 0.717) is 5.75 Å². The summed E-state index contributed by atoms with van der Waals surface area (Å²) < 4.78 is 36.6. The van der Waals surface area contributed by atoms with E-state index in [9.17, 15) is 18.4 Å². The molecule has 0 fully saturated rings. The molecule has 0 aliphatic carbocycles. The molecule has 2 aromatic rings. The largest absolute Gasteiger partial charge is 0.497 e. The molecule has 0 aliphatic heterocycles. The molecule has 0 unspecified atom stereocenters. The lowest BCUT2D eigenvalue weighted by molar-refractivity contribution is -0.144. The quantitative estimate of drug-likeness (QED) is 0.601. The van der Waals surface area contributed by atoms with Crippen LogP contribution in [0.1, 0.15) is 0 Å². The van der Waals surface area contributed by atoms with Gasteiger partial charge in [0.2, 0.25) is 0 Å². The van der Waals surface area contributed by atoms with Crippen LogP contribution in [0.2, 0.25) is 0 Å². The van der Waals surface area contributed by atoms with Gasteiger partial charge in [-0.1, -0.05) is 6.07 Å². The molecule has 25 heavy (non-hydrogen) atoms. The Labute approximate surface area is 147 Å². The molecule has 0 heterocycles. The number of amides is 1. The fourth-order valence-electron chi connectivity index (χ4n) is 1.79. The van der Waals surface area contributed by atoms with Crippen molar-refractivity contribution in [3.05, 3.63) is 54.1 Å². The van der Waals surface area contributed by atoms with Crippen molar-refractivity contribution < 1.29 is 27.8 Å². The Hall–Kier alpha value is -2.61. The average Bonchev–Trinajstić information content (AvgIpc) is 2.62. The molecule has 0 radical (unpaired) electrons. The lowest BCUT2D eigenvalue weighted by atomic mass is 10.3. The van der Waals surface area contributed by atoms with Gasteiger partial charge in [0, 0.05) is 4.90 Å². The first-order valence-electron chi connectivity index (χ1n) is 7.16. The molecule has 0 spiro atoms. The number of anilines is 1. The van der Waals surface area contributed by atoms with Crippen LogP contribution in [0.4, 0.5) is 14.5 Å². The Kier molecular flexibility index (Phi) is 6.76. The maximum Gasteiger partial charge on any atom is 0.316 e. The van der Waals surface area contributed by atoms with Crippen LogP contribution in [0.25, 0.3) is 0 Å². The molecule has 0 aromatic heterocycles. The van der Waals surface area contributed by atoms with Crippen molar-refractivity contribution in [2.75, 3.05) is 24.8 Å². The van der Waals surface area contributed by atoms with E-state index < -0.39 is 35.8 Å². The number of halogens is 2. The van der Waals surface area contributed by atoms with Crippen LogP contribution in [-0.2, 0) is 14.3 Å². The Balaban J connectivity index is 1.76. The summed E-state index contributed by atoms with van der Waals surface area (Å²) in [4.78, 5) is 24.1. The Morgan fingerprint density at radius 3 is 2.32 bits per heavy atom. The van der Waals surface area contributed by atoms with Crippen molar-refractivity contribution >= 4 is 29.3 Å². The SMILES string of the molecule is COc1ccc(SCC(=O)OCC(=O)Nc2c(F)cccc2F)cc1. The number of hydrogen-bond acceptors (Lipinski definition) is 5. The van der Waals surface area contributed by atoms with Crippen LogP contribution in [0.15, 0.2) is 47.4 Å². The second kappa shape index (κ2) is 9.03. The standard InChI is InChI=1S/C17H15F2NO4S/c1-23-11-5-7-12(8-6-11)25-10-16(22)24-9-15(21)20-17-13(18)3-2-4-14(17)19/h2-8H,9-10H2,1H3,(H,20,21). The topological polar surface area (TPSA) is 64.6 Å². The van der Waals surface area contributed by atoms with E-state index in [0.717, 1.165) is 17.0 Å². The van der Waals surface area contributed by atoms with Gasteiger partial charge in [0.05, 0.1) is 12.9 Å². The molecule has 0 bridgehead atoms. The maximum atomic E-state index is 13.4. The molecule has 8 heteroatoms. The smallest absolute Gasteiger partial charge is 0.316 e. The third-order valence-electron chi connectivity index (χ3n) is 3.01. The molecular formula is C17H15F2NO4S. The van der Waals surface area contributed by atoms with E-state index in [1.54, 1.807) is 31.4 Å². The molecule has 0 atom stereocenters. The first kappa shape index (κ1) is 18.7. The Morgan fingerprint density at radius 1 is 1.08 bits per heavy atom. The van der Waals surface area contributed by atoms with Crippen LogP contribution < -0.4 is 10.1 Å². The highest BCUT2D eigenvalue weighted by Gasteiger charge is 2.13. The molecule has 0 saturated carbocycles. The summed E-state index contributed by atoms with van der Waals surface area (Å²) in [6.45, 7) is -0.629. The fraction of sp³-hybridized carbons (Fsp3) is 0.176. The number of rotatable bonds is 7. The van der Waals surface area contributed by atoms with Crippen molar-refractivity contribution in [3.8, 4) is 5.75 Å². The van der Waals surface area contributed by atoms with Crippen molar-refractivity contribution in [1.29, 1.82) is 0 Å².